The molecule has 0 unspecified atom stereocenters. The number of hydrogen-bond donors (Lipinski definition) is 4. The lowest BCUT2D eigenvalue weighted by Gasteiger charge is -2.32. The lowest BCUT2D eigenvalue weighted by atomic mass is 9.84. The van der Waals surface area contributed by atoms with Gasteiger partial charge in [0.15, 0.2) is 11.6 Å². The third-order valence-corrected chi connectivity index (χ3v) is 7.76. The van der Waals surface area contributed by atoms with Crippen LogP contribution in [-0.4, -0.2) is 52.9 Å². The van der Waals surface area contributed by atoms with Gasteiger partial charge in [-0.05, 0) is 61.1 Å². The van der Waals surface area contributed by atoms with Crippen LogP contribution in [0.4, 0.5) is 0 Å². The predicted molar refractivity (Wildman–Crippen MR) is 163 cm³/mol. The summed E-state index contributed by atoms with van der Waals surface area (Å²) in [5.41, 5.74) is 7.53. The second-order valence-corrected chi connectivity index (χ2v) is 10.8. The van der Waals surface area contributed by atoms with E-state index in [1.807, 2.05) is 97.1 Å². The minimum atomic E-state index is -1.28. The number of carbonyl (C=O) groups excluding carboxylic acids is 1. The Balaban J connectivity index is 1.46. The van der Waals surface area contributed by atoms with E-state index in [0.29, 0.717) is 43.9 Å². The number of hydrazine groups is 1. The molecule has 2 aliphatic rings. The van der Waals surface area contributed by atoms with E-state index in [1.54, 1.807) is 0 Å². The highest BCUT2D eigenvalue weighted by molar-refractivity contribution is 6.01. The Hall–Kier alpha value is -3.98. The average Bonchev–Trinajstić information content (AvgIpc) is 3.43. The highest BCUT2D eigenvalue weighted by atomic mass is 16.5. The van der Waals surface area contributed by atoms with Crippen molar-refractivity contribution in [3.05, 3.63) is 108 Å². The SMILES string of the molecule is O=C(NNC1CCC(O)CC1)[C@@]1(C/C=C/c2ccccc2)N=C(c2ccc(OCCCO)cc2)O[C@H]1c1ccccc1. The van der Waals surface area contributed by atoms with Crippen molar-refractivity contribution in [3.8, 4) is 5.75 Å². The third-order valence-electron chi connectivity index (χ3n) is 7.76. The molecule has 8 heteroatoms. The molecule has 0 saturated heterocycles. The van der Waals surface area contributed by atoms with Gasteiger partial charge < -0.3 is 19.7 Å². The molecule has 1 saturated carbocycles. The molecule has 3 aromatic rings. The zero-order valence-electron chi connectivity index (χ0n) is 23.7. The summed E-state index contributed by atoms with van der Waals surface area (Å²) < 4.78 is 12.2. The molecule has 5 rings (SSSR count). The van der Waals surface area contributed by atoms with Gasteiger partial charge in [0.1, 0.15) is 5.75 Å². The van der Waals surface area contributed by atoms with Gasteiger partial charge in [0.05, 0.1) is 12.7 Å². The molecule has 4 N–H and O–H groups in total. The highest BCUT2D eigenvalue weighted by Crippen LogP contribution is 2.43. The van der Waals surface area contributed by atoms with Crippen molar-refractivity contribution >= 4 is 17.9 Å². The van der Waals surface area contributed by atoms with Crippen LogP contribution in [0.5, 0.6) is 5.75 Å². The van der Waals surface area contributed by atoms with E-state index < -0.39 is 11.6 Å². The van der Waals surface area contributed by atoms with Gasteiger partial charge in [-0.15, -0.1) is 0 Å². The minimum absolute atomic E-state index is 0.0734. The predicted octanol–water partition coefficient (Wildman–Crippen LogP) is 4.73. The molecule has 1 fully saturated rings. The maximum Gasteiger partial charge on any atom is 0.266 e. The van der Waals surface area contributed by atoms with Crippen LogP contribution < -0.4 is 15.6 Å². The van der Waals surface area contributed by atoms with Gasteiger partial charge in [0, 0.05) is 31.1 Å². The van der Waals surface area contributed by atoms with Crippen LogP contribution in [0.2, 0.25) is 0 Å². The van der Waals surface area contributed by atoms with E-state index in [4.69, 9.17) is 19.6 Å². The lowest BCUT2D eigenvalue weighted by molar-refractivity contribution is -0.130. The Bertz CT molecular complexity index is 1340. The molecule has 1 heterocycles. The van der Waals surface area contributed by atoms with Crippen molar-refractivity contribution in [3.63, 3.8) is 0 Å². The van der Waals surface area contributed by atoms with Gasteiger partial charge >= 0.3 is 0 Å². The van der Waals surface area contributed by atoms with E-state index in [0.717, 1.165) is 29.5 Å². The summed E-state index contributed by atoms with van der Waals surface area (Å²) in [4.78, 5) is 19.2. The second-order valence-electron chi connectivity index (χ2n) is 10.8. The molecule has 2 atom stereocenters. The van der Waals surface area contributed by atoms with Crippen LogP contribution in [0.3, 0.4) is 0 Å². The van der Waals surface area contributed by atoms with Crippen molar-refractivity contribution < 1.29 is 24.5 Å². The fourth-order valence-corrected chi connectivity index (χ4v) is 5.38. The van der Waals surface area contributed by atoms with Crippen LogP contribution in [0.15, 0.2) is 96.0 Å². The zero-order valence-corrected chi connectivity index (χ0v) is 23.7. The van der Waals surface area contributed by atoms with Gasteiger partial charge in [0.25, 0.3) is 5.91 Å². The van der Waals surface area contributed by atoms with E-state index >= 15 is 0 Å². The second kappa shape index (κ2) is 14.3. The molecule has 0 radical (unpaired) electrons. The minimum Gasteiger partial charge on any atom is -0.494 e. The van der Waals surface area contributed by atoms with Crippen molar-refractivity contribution in [1.82, 2.24) is 10.9 Å². The first kappa shape index (κ1) is 29.5. The van der Waals surface area contributed by atoms with Gasteiger partial charge in [-0.3, -0.25) is 10.2 Å². The zero-order chi connectivity index (χ0) is 29.2. The number of aliphatic hydroxyl groups excluding tert-OH is 2. The van der Waals surface area contributed by atoms with Crippen LogP contribution in [0, 0.1) is 0 Å². The topological polar surface area (TPSA) is 112 Å². The molecule has 0 bridgehead atoms. The third kappa shape index (κ3) is 7.26. The average molecular weight is 570 g/mol. The quantitative estimate of drug-likeness (QED) is 0.185. The standard InChI is InChI=1S/C34H39N3O5/c38-23-8-24-41-30-20-14-27(15-21-30)32-35-34(22-7-11-25-9-3-1-4-10-25,31(42-32)26-12-5-2-6-13-26)33(40)37-36-28-16-18-29(39)19-17-28/h1-7,9-15,20-21,28-29,31,36,38-39H,8,16-19,22-24H2,(H,37,40)/b11-7+/t28?,29?,31-,34-/m0/s1. The molecule has 1 amide bonds. The molecular weight excluding hydrogens is 530 g/mol. The number of ether oxygens (including phenoxy) is 2. The molecule has 8 nitrogen and oxygen atoms in total. The number of rotatable bonds is 12. The maximum atomic E-state index is 14.2. The Morgan fingerprint density at radius 3 is 2.36 bits per heavy atom. The number of amides is 1. The van der Waals surface area contributed by atoms with Crippen LogP contribution >= 0.6 is 0 Å². The Morgan fingerprint density at radius 2 is 1.67 bits per heavy atom. The normalized spacial score (nSPS) is 23.8. The van der Waals surface area contributed by atoms with Gasteiger partial charge in [-0.2, -0.15) is 0 Å². The van der Waals surface area contributed by atoms with Crippen LogP contribution in [-0.2, 0) is 9.53 Å². The largest absolute Gasteiger partial charge is 0.494 e. The number of nitrogens with zero attached hydrogens (tertiary/aromatic N) is 1. The molecular formula is C34H39N3O5. The van der Waals surface area contributed by atoms with Crippen molar-refractivity contribution in [2.24, 2.45) is 4.99 Å². The van der Waals surface area contributed by atoms with E-state index in [1.165, 1.54) is 0 Å². The molecule has 0 aromatic heterocycles. The fraction of sp³-hybridized carbons (Fsp3) is 0.353. The van der Waals surface area contributed by atoms with E-state index in [-0.39, 0.29) is 24.7 Å². The van der Waals surface area contributed by atoms with Gasteiger partial charge in [-0.25, -0.2) is 10.4 Å². The highest BCUT2D eigenvalue weighted by Gasteiger charge is 2.52. The molecule has 42 heavy (non-hydrogen) atoms. The first-order valence-electron chi connectivity index (χ1n) is 14.7. The first-order chi connectivity index (χ1) is 20.6. The molecule has 1 aliphatic carbocycles. The number of hydrogen-bond acceptors (Lipinski definition) is 7. The lowest BCUT2D eigenvalue weighted by Crippen LogP contribution is -2.55. The van der Waals surface area contributed by atoms with Crippen LogP contribution in [0.25, 0.3) is 6.08 Å². The summed E-state index contributed by atoms with van der Waals surface area (Å²) in [7, 11) is 0. The number of aliphatic imine (C=N–C) groups is 1. The first-order valence-corrected chi connectivity index (χ1v) is 14.7. The van der Waals surface area contributed by atoms with E-state index in [2.05, 4.69) is 10.9 Å². The Kier molecular flexibility index (Phi) is 10.0. The van der Waals surface area contributed by atoms with Crippen molar-refractivity contribution in [1.29, 1.82) is 0 Å². The summed E-state index contributed by atoms with van der Waals surface area (Å²) in [6.07, 6.45) is 6.87. The summed E-state index contributed by atoms with van der Waals surface area (Å²) >= 11 is 0. The fourth-order valence-electron chi connectivity index (χ4n) is 5.38. The van der Waals surface area contributed by atoms with Crippen molar-refractivity contribution in [2.45, 2.75) is 62.3 Å². The van der Waals surface area contributed by atoms with Gasteiger partial charge in [-0.1, -0.05) is 72.8 Å². The molecule has 0 spiro atoms. The monoisotopic (exact) mass is 569 g/mol. The Labute approximate surface area is 247 Å². The Morgan fingerprint density at radius 1 is 0.976 bits per heavy atom. The number of benzene rings is 3. The van der Waals surface area contributed by atoms with E-state index in [9.17, 15) is 9.90 Å². The molecule has 220 valence electrons. The summed E-state index contributed by atoms with van der Waals surface area (Å²) in [6, 6.07) is 27.2. The number of aliphatic hydroxyl groups is 2. The summed E-state index contributed by atoms with van der Waals surface area (Å²) in [5.74, 6) is 0.788. The summed E-state index contributed by atoms with van der Waals surface area (Å²) in [5, 5.41) is 18.9. The molecule has 1 aliphatic heterocycles. The van der Waals surface area contributed by atoms with Crippen LogP contribution in [0.1, 0.15) is 61.3 Å². The van der Waals surface area contributed by atoms with Crippen molar-refractivity contribution in [2.75, 3.05) is 13.2 Å². The molecule has 3 aromatic carbocycles. The maximum absolute atomic E-state index is 14.2. The number of carbonyl (C=O) groups is 1. The van der Waals surface area contributed by atoms with Gasteiger partial charge in [0.2, 0.25) is 5.90 Å². The summed E-state index contributed by atoms with van der Waals surface area (Å²) in [6.45, 7) is 0.497. The number of nitrogens with one attached hydrogen (secondary N) is 2. The smallest absolute Gasteiger partial charge is 0.266 e.